The van der Waals surface area contributed by atoms with Gasteiger partial charge in [0.05, 0.1) is 37.1 Å². The van der Waals surface area contributed by atoms with Gasteiger partial charge in [0.25, 0.3) is 0 Å². The van der Waals surface area contributed by atoms with Gasteiger partial charge in [-0.25, -0.2) is 0 Å². The molecular formula is C29H38BNO4. The average Bonchev–Trinajstić information content (AvgIpc) is 2.92. The van der Waals surface area contributed by atoms with Crippen molar-refractivity contribution in [2.75, 3.05) is 13.2 Å². The highest BCUT2D eigenvalue weighted by Gasteiger charge is 2.41. The minimum absolute atomic E-state index is 0.0231. The van der Waals surface area contributed by atoms with E-state index in [0.717, 1.165) is 37.1 Å². The van der Waals surface area contributed by atoms with E-state index in [1.807, 2.05) is 12.1 Å². The Labute approximate surface area is 210 Å². The Morgan fingerprint density at radius 3 is 2.31 bits per heavy atom. The van der Waals surface area contributed by atoms with Gasteiger partial charge in [0.15, 0.2) is 0 Å². The van der Waals surface area contributed by atoms with Crippen LogP contribution in [0.4, 0.5) is 0 Å². The molecule has 0 bridgehead atoms. The lowest BCUT2D eigenvalue weighted by Gasteiger charge is -2.41. The number of rotatable bonds is 12. The molecule has 0 N–H and O–H groups in total. The zero-order chi connectivity index (χ0) is 24.3. The maximum Gasteiger partial charge on any atom is 0.494 e. The zero-order valence-electron chi connectivity index (χ0n) is 21.0. The molecular weight excluding hydrogens is 437 g/mol. The monoisotopic (exact) mass is 475 g/mol. The maximum atomic E-state index is 8.99. The third-order valence-corrected chi connectivity index (χ3v) is 7.01. The van der Waals surface area contributed by atoms with Gasteiger partial charge in [-0.15, -0.1) is 0 Å². The van der Waals surface area contributed by atoms with Gasteiger partial charge >= 0.3 is 7.12 Å². The first-order chi connectivity index (χ1) is 17.3. The normalized spacial score (nSPS) is 21.8. The van der Waals surface area contributed by atoms with E-state index in [1.165, 1.54) is 50.5 Å². The van der Waals surface area contributed by atoms with Crippen molar-refractivity contribution in [3.05, 3.63) is 59.7 Å². The Hall–Kier alpha value is -2.33. The Kier molecular flexibility index (Phi) is 10.1. The van der Waals surface area contributed by atoms with Crippen LogP contribution in [0.1, 0.15) is 88.4 Å². The first kappa shape index (κ1) is 25.8. The van der Waals surface area contributed by atoms with Gasteiger partial charge in [0, 0.05) is 0 Å². The lowest BCUT2D eigenvalue weighted by Crippen LogP contribution is -2.54. The minimum atomic E-state index is -0.401. The van der Waals surface area contributed by atoms with Gasteiger partial charge in [-0.3, -0.25) is 0 Å². The zero-order valence-corrected chi connectivity index (χ0v) is 21.0. The molecule has 0 aromatic heterocycles. The van der Waals surface area contributed by atoms with Crippen molar-refractivity contribution < 1.29 is 18.8 Å². The number of ether oxygens (including phenoxy) is 2. The molecule has 0 amide bonds. The molecule has 2 aromatic carbocycles. The first-order valence-corrected chi connectivity index (χ1v) is 13.4. The largest absolute Gasteiger partial charge is 0.494 e. The number of hydrogen-bond donors (Lipinski definition) is 0. The third kappa shape index (κ3) is 7.58. The van der Waals surface area contributed by atoms with E-state index in [2.05, 4.69) is 37.3 Å². The number of unbranched alkanes of at least 4 members (excludes halogenated alkanes) is 7. The summed E-state index contributed by atoms with van der Waals surface area (Å²) in [4.78, 5) is 0. The molecule has 2 heterocycles. The van der Waals surface area contributed by atoms with Gasteiger partial charge < -0.3 is 18.8 Å². The van der Waals surface area contributed by atoms with Crippen LogP contribution in [0.3, 0.4) is 0 Å². The molecule has 2 aromatic rings. The van der Waals surface area contributed by atoms with E-state index in [1.54, 1.807) is 12.1 Å². The predicted octanol–water partition coefficient (Wildman–Crippen LogP) is 6.11. The van der Waals surface area contributed by atoms with Crippen molar-refractivity contribution in [3.63, 3.8) is 0 Å². The highest BCUT2D eigenvalue weighted by molar-refractivity contribution is 6.61. The standard InChI is InChI=1S/C29H38BNO4/c1-2-3-4-5-6-7-8-9-20-32-26-16-12-24(13-17-26)27-18-19-28-29(34-27)22-33-30(35-28)25-14-10-23(21-31)11-15-25/h10-17,27-29H,2-9,18-20,22H2,1H3/t27-,28+,29-/m1/s1. The molecule has 2 saturated heterocycles. The topological polar surface area (TPSA) is 60.7 Å². The molecule has 0 saturated carbocycles. The van der Waals surface area contributed by atoms with E-state index in [9.17, 15) is 0 Å². The Balaban J connectivity index is 1.17. The molecule has 0 spiro atoms. The van der Waals surface area contributed by atoms with Crippen molar-refractivity contribution in [2.24, 2.45) is 0 Å². The number of nitrogens with zero attached hydrogens (tertiary/aromatic N) is 1. The van der Waals surface area contributed by atoms with Gasteiger partial charge in [0.2, 0.25) is 0 Å². The van der Waals surface area contributed by atoms with Crippen molar-refractivity contribution in [2.45, 2.75) is 89.4 Å². The van der Waals surface area contributed by atoms with E-state index in [0.29, 0.717) is 12.2 Å². The first-order valence-electron chi connectivity index (χ1n) is 13.4. The van der Waals surface area contributed by atoms with Crippen LogP contribution in [0.25, 0.3) is 0 Å². The highest BCUT2D eigenvalue weighted by atomic mass is 16.6. The minimum Gasteiger partial charge on any atom is -0.494 e. The Morgan fingerprint density at radius 1 is 0.886 bits per heavy atom. The number of nitriles is 1. The summed E-state index contributed by atoms with van der Waals surface area (Å²) in [6.07, 6.45) is 12.3. The van der Waals surface area contributed by atoms with Crippen LogP contribution in [0.5, 0.6) is 5.75 Å². The molecule has 0 unspecified atom stereocenters. The second kappa shape index (κ2) is 13.7. The summed E-state index contributed by atoms with van der Waals surface area (Å²) >= 11 is 0. The van der Waals surface area contributed by atoms with Crippen molar-refractivity contribution in [1.29, 1.82) is 5.26 Å². The fourth-order valence-electron chi connectivity index (χ4n) is 4.89. The molecule has 0 radical (unpaired) electrons. The molecule has 3 atom stereocenters. The fourth-order valence-corrected chi connectivity index (χ4v) is 4.89. The molecule has 4 rings (SSSR count). The summed E-state index contributed by atoms with van der Waals surface area (Å²) in [6.45, 7) is 3.55. The van der Waals surface area contributed by atoms with Crippen LogP contribution >= 0.6 is 0 Å². The molecule has 186 valence electrons. The van der Waals surface area contributed by atoms with Crippen molar-refractivity contribution >= 4 is 12.6 Å². The van der Waals surface area contributed by atoms with Crippen LogP contribution < -0.4 is 10.2 Å². The van der Waals surface area contributed by atoms with Gasteiger partial charge in [-0.05, 0) is 54.6 Å². The van der Waals surface area contributed by atoms with E-state index in [4.69, 9.17) is 24.0 Å². The molecule has 5 nitrogen and oxygen atoms in total. The van der Waals surface area contributed by atoms with Crippen LogP contribution in [0.2, 0.25) is 0 Å². The molecule has 2 aliphatic heterocycles. The number of benzene rings is 2. The predicted molar refractivity (Wildman–Crippen MR) is 139 cm³/mol. The van der Waals surface area contributed by atoms with E-state index < -0.39 is 7.12 Å². The summed E-state index contributed by atoms with van der Waals surface area (Å²) in [5.74, 6) is 0.931. The van der Waals surface area contributed by atoms with Crippen molar-refractivity contribution in [1.82, 2.24) is 0 Å². The summed E-state index contributed by atoms with van der Waals surface area (Å²) < 4.78 is 24.5. The lowest BCUT2D eigenvalue weighted by atomic mass is 9.76. The second-order valence-electron chi connectivity index (χ2n) is 9.71. The third-order valence-electron chi connectivity index (χ3n) is 7.01. The number of hydrogen-bond acceptors (Lipinski definition) is 5. The van der Waals surface area contributed by atoms with Crippen LogP contribution in [0, 0.1) is 11.3 Å². The van der Waals surface area contributed by atoms with Crippen LogP contribution in [-0.2, 0) is 14.0 Å². The second-order valence-corrected chi connectivity index (χ2v) is 9.71. The van der Waals surface area contributed by atoms with Gasteiger partial charge in [-0.2, -0.15) is 5.26 Å². The Morgan fingerprint density at radius 2 is 1.60 bits per heavy atom. The lowest BCUT2D eigenvalue weighted by molar-refractivity contribution is -0.150. The van der Waals surface area contributed by atoms with Gasteiger partial charge in [-0.1, -0.05) is 76.1 Å². The van der Waals surface area contributed by atoms with Crippen molar-refractivity contribution in [3.8, 4) is 11.8 Å². The molecule has 2 aliphatic rings. The summed E-state index contributed by atoms with van der Waals surface area (Å²) in [5, 5.41) is 8.99. The SMILES string of the molecule is CCCCCCCCCCOc1ccc([C@H]2CC[C@@H]3OB(c4ccc(C#N)cc4)OC[C@H]3O2)cc1. The Bertz CT molecular complexity index is 927. The van der Waals surface area contributed by atoms with Crippen LogP contribution in [0.15, 0.2) is 48.5 Å². The van der Waals surface area contributed by atoms with Gasteiger partial charge in [0.1, 0.15) is 11.9 Å². The summed E-state index contributed by atoms with van der Waals surface area (Å²) in [6, 6.07) is 17.9. The quantitative estimate of drug-likeness (QED) is 0.274. The smallest absolute Gasteiger partial charge is 0.494 e. The fraction of sp³-hybridized carbons (Fsp3) is 0.552. The van der Waals surface area contributed by atoms with Crippen LogP contribution in [-0.4, -0.2) is 32.5 Å². The molecule has 0 aliphatic carbocycles. The number of fused-ring (bicyclic) bond motifs is 1. The maximum absolute atomic E-state index is 8.99. The van der Waals surface area contributed by atoms with E-state index >= 15 is 0 Å². The highest BCUT2D eigenvalue weighted by Crippen LogP contribution is 2.35. The molecule has 35 heavy (non-hydrogen) atoms. The summed E-state index contributed by atoms with van der Waals surface area (Å²) in [7, 11) is -0.401. The molecule has 2 fully saturated rings. The summed E-state index contributed by atoms with van der Waals surface area (Å²) in [5.41, 5.74) is 2.75. The molecule has 6 heteroatoms. The average molecular weight is 475 g/mol. The van der Waals surface area contributed by atoms with E-state index in [-0.39, 0.29) is 18.3 Å².